The molecule has 18 heavy (non-hydrogen) atoms. The van der Waals surface area contributed by atoms with E-state index in [1.165, 1.54) is 0 Å². The molecule has 3 rings (SSSR count). The van der Waals surface area contributed by atoms with Crippen LogP contribution in [-0.4, -0.2) is 42.1 Å². The average molecular weight is 244 g/mol. The first-order chi connectivity index (χ1) is 8.88. The Bertz CT molecular complexity index is 556. The van der Waals surface area contributed by atoms with E-state index < -0.39 is 0 Å². The fourth-order valence-electron chi connectivity index (χ4n) is 2.44. The maximum atomic E-state index is 11.1. The number of ether oxygens (including phenoxy) is 1. The van der Waals surface area contributed by atoms with Crippen molar-refractivity contribution >= 4 is 17.2 Å². The summed E-state index contributed by atoms with van der Waals surface area (Å²) in [6, 6.07) is 8.03. The first-order valence-corrected chi connectivity index (χ1v) is 6.21. The number of benzene rings is 1. The van der Waals surface area contributed by atoms with Crippen LogP contribution in [0.5, 0.6) is 0 Å². The molecule has 0 aliphatic carbocycles. The molecule has 0 N–H and O–H groups in total. The monoisotopic (exact) mass is 244 g/mol. The number of rotatable bonds is 3. The molecule has 4 nitrogen and oxygen atoms in total. The van der Waals surface area contributed by atoms with Crippen LogP contribution in [0.4, 0.5) is 0 Å². The van der Waals surface area contributed by atoms with Crippen LogP contribution >= 0.6 is 0 Å². The van der Waals surface area contributed by atoms with Crippen molar-refractivity contribution < 1.29 is 9.53 Å². The van der Waals surface area contributed by atoms with Crippen LogP contribution in [0.2, 0.25) is 0 Å². The molecule has 0 saturated carbocycles. The molecule has 94 valence electrons. The van der Waals surface area contributed by atoms with Crippen LogP contribution < -0.4 is 0 Å². The Hall–Kier alpha value is -1.65. The predicted molar refractivity (Wildman–Crippen MR) is 69.7 cm³/mol. The van der Waals surface area contributed by atoms with Gasteiger partial charge in [0.2, 0.25) is 0 Å². The third kappa shape index (κ3) is 2.05. The molecular weight excluding hydrogens is 228 g/mol. The van der Waals surface area contributed by atoms with Gasteiger partial charge < -0.3 is 9.30 Å². The highest BCUT2D eigenvalue weighted by Crippen LogP contribution is 2.20. The molecule has 1 aliphatic heterocycles. The number of hydrogen-bond donors (Lipinski definition) is 0. The molecule has 4 heteroatoms. The minimum Gasteiger partial charge on any atom is -0.379 e. The number of carbonyl (C=O) groups excluding carboxylic acids is 1. The number of morpholine rings is 1. The number of nitrogens with zero attached hydrogens (tertiary/aromatic N) is 2. The SMILES string of the molecule is O=Cc1cn(CN2CCOCC2)c2ccccc12. The molecular formula is C14H16N2O2. The number of para-hydroxylation sites is 1. The Labute approximate surface area is 106 Å². The molecule has 0 atom stereocenters. The van der Waals surface area contributed by atoms with Gasteiger partial charge in [0.1, 0.15) is 0 Å². The van der Waals surface area contributed by atoms with E-state index in [1.54, 1.807) is 0 Å². The van der Waals surface area contributed by atoms with E-state index in [2.05, 4.69) is 15.5 Å². The lowest BCUT2D eigenvalue weighted by atomic mass is 10.2. The zero-order valence-electron chi connectivity index (χ0n) is 10.2. The molecule has 2 heterocycles. The van der Waals surface area contributed by atoms with E-state index >= 15 is 0 Å². The lowest BCUT2D eigenvalue weighted by molar-refractivity contribution is 0.0242. The number of hydrogen-bond acceptors (Lipinski definition) is 3. The molecule has 1 aromatic heterocycles. The third-order valence-corrected chi connectivity index (χ3v) is 3.40. The molecule has 0 bridgehead atoms. The second-order valence-corrected chi connectivity index (χ2v) is 4.56. The highest BCUT2D eigenvalue weighted by Gasteiger charge is 2.13. The van der Waals surface area contributed by atoms with Gasteiger partial charge in [0, 0.05) is 35.8 Å². The van der Waals surface area contributed by atoms with Crippen LogP contribution in [0.15, 0.2) is 30.5 Å². The number of aromatic nitrogens is 1. The van der Waals surface area contributed by atoms with Crippen molar-refractivity contribution in [3.05, 3.63) is 36.0 Å². The van der Waals surface area contributed by atoms with Gasteiger partial charge in [-0.05, 0) is 6.07 Å². The van der Waals surface area contributed by atoms with Crippen molar-refractivity contribution in [1.29, 1.82) is 0 Å². The summed E-state index contributed by atoms with van der Waals surface area (Å²) in [6.45, 7) is 4.29. The largest absolute Gasteiger partial charge is 0.379 e. The highest BCUT2D eigenvalue weighted by molar-refractivity contribution is 5.97. The topological polar surface area (TPSA) is 34.5 Å². The molecule has 0 spiro atoms. The van der Waals surface area contributed by atoms with Gasteiger partial charge in [-0.2, -0.15) is 0 Å². The predicted octanol–water partition coefficient (Wildman–Crippen LogP) is 1.74. The Morgan fingerprint density at radius 3 is 2.78 bits per heavy atom. The third-order valence-electron chi connectivity index (χ3n) is 3.40. The standard InChI is InChI=1S/C14H16N2O2/c17-10-12-9-16(11-15-5-7-18-8-6-15)14-4-2-1-3-13(12)14/h1-4,9-10H,5-8,11H2. The zero-order chi connectivity index (χ0) is 12.4. The second kappa shape index (κ2) is 4.92. The van der Waals surface area contributed by atoms with Crippen molar-refractivity contribution in [3.8, 4) is 0 Å². The van der Waals surface area contributed by atoms with Crippen molar-refractivity contribution in [2.45, 2.75) is 6.67 Å². The summed E-state index contributed by atoms with van der Waals surface area (Å²) in [6.07, 6.45) is 2.87. The Morgan fingerprint density at radius 1 is 1.22 bits per heavy atom. The van der Waals surface area contributed by atoms with Crippen molar-refractivity contribution in [2.75, 3.05) is 26.3 Å². The van der Waals surface area contributed by atoms with Gasteiger partial charge in [-0.25, -0.2) is 0 Å². The van der Waals surface area contributed by atoms with E-state index in [0.29, 0.717) is 0 Å². The summed E-state index contributed by atoms with van der Waals surface area (Å²) in [5.41, 5.74) is 1.88. The summed E-state index contributed by atoms with van der Waals surface area (Å²) in [5, 5.41) is 1.03. The Morgan fingerprint density at radius 2 is 2.00 bits per heavy atom. The molecule has 1 saturated heterocycles. The smallest absolute Gasteiger partial charge is 0.152 e. The minimum atomic E-state index is 0.763. The highest BCUT2D eigenvalue weighted by atomic mass is 16.5. The summed E-state index contributed by atoms with van der Waals surface area (Å²) in [4.78, 5) is 13.4. The fraction of sp³-hybridized carbons (Fsp3) is 0.357. The second-order valence-electron chi connectivity index (χ2n) is 4.56. The molecule has 0 amide bonds. The van der Waals surface area contributed by atoms with Gasteiger partial charge in [0.25, 0.3) is 0 Å². The van der Waals surface area contributed by atoms with Crippen LogP contribution in [0.1, 0.15) is 10.4 Å². The van der Waals surface area contributed by atoms with Crippen LogP contribution in [0, 0.1) is 0 Å². The summed E-state index contributed by atoms with van der Waals surface area (Å²) in [7, 11) is 0. The molecule has 2 aromatic rings. The van der Waals surface area contributed by atoms with Crippen molar-refractivity contribution in [3.63, 3.8) is 0 Å². The van der Waals surface area contributed by atoms with Gasteiger partial charge in [0.15, 0.2) is 6.29 Å². The maximum absolute atomic E-state index is 11.1. The molecule has 0 radical (unpaired) electrons. The van der Waals surface area contributed by atoms with Gasteiger partial charge in [-0.15, -0.1) is 0 Å². The minimum absolute atomic E-state index is 0.763. The van der Waals surface area contributed by atoms with Crippen LogP contribution in [-0.2, 0) is 11.4 Å². The maximum Gasteiger partial charge on any atom is 0.152 e. The zero-order valence-corrected chi connectivity index (χ0v) is 10.2. The molecule has 1 aliphatic rings. The Balaban J connectivity index is 1.93. The van der Waals surface area contributed by atoms with Crippen LogP contribution in [0.3, 0.4) is 0 Å². The van der Waals surface area contributed by atoms with E-state index in [-0.39, 0.29) is 0 Å². The summed E-state index contributed by atoms with van der Waals surface area (Å²) in [5.74, 6) is 0. The molecule has 1 aromatic carbocycles. The normalized spacial score (nSPS) is 17.1. The van der Waals surface area contributed by atoms with Gasteiger partial charge in [0.05, 0.1) is 19.9 Å². The lowest BCUT2D eigenvalue weighted by Crippen LogP contribution is -2.37. The van der Waals surface area contributed by atoms with Crippen molar-refractivity contribution in [1.82, 2.24) is 9.47 Å². The Kier molecular flexibility index (Phi) is 3.13. The van der Waals surface area contributed by atoms with E-state index in [1.807, 2.05) is 24.4 Å². The van der Waals surface area contributed by atoms with E-state index in [4.69, 9.17) is 4.74 Å². The summed E-state index contributed by atoms with van der Waals surface area (Å²) < 4.78 is 7.49. The first kappa shape index (κ1) is 11.4. The quantitative estimate of drug-likeness (QED) is 0.771. The van der Waals surface area contributed by atoms with Crippen LogP contribution in [0.25, 0.3) is 10.9 Å². The van der Waals surface area contributed by atoms with E-state index in [0.717, 1.165) is 55.7 Å². The lowest BCUT2D eigenvalue weighted by Gasteiger charge is -2.27. The molecule has 1 fully saturated rings. The first-order valence-electron chi connectivity index (χ1n) is 6.21. The van der Waals surface area contributed by atoms with E-state index in [9.17, 15) is 4.79 Å². The fourth-order valence-corrected chi connectivity index (χ4v) is 2.44. The number of carbonyl (C=O) groups is 1. The average Bonchev–Trinajstić information content (AvgIpc) is 2.78. The summed E-state index contributed by atoms with van der Waals surface area (Å²) >= 11 is 0. The number of fused-ring (bicyclic) bond motifs is 1. The molecule has 0 unspecified atom stereocenters. The van der Waals surface area contributed by atoms with Gasteiger partial charge >= 0.3 is 0 Å². The van der Waals surface area contributed by atoms with Crippen molar-refractivity contribution in [2.24, 2.45) is 0 Å². The number of aldehydes is 1. The van der Waals surface area contributed by atoms with Gasteiger partial charge in [-0.3, -0.25) is 9.69 Å². The van der Waals surface area contributed by atoms with Gasteiger partial charge in [-0.1, -0.05) is 18.2 Å².